The molecule has 4 N–H and O–H groups in total. The first kappa shape index (κ1) is 16.5. The van der Waals surface area contributed by atoms with Crippen molar-refractivity contribution < 1.29 is 9.90 Å². The maximum atomic E-state index is 12.0. The molecule has 0 atom stereocenters. The van der Waals surface area contributed by atoms with Gasteiger partial charge in [-0.2, -0.15) is 5.10 Å². The quantitative estimate of drug-likeness (QED) is 0.490. The van der Waals surface area contributed by atoms with Crippen LogP contribution in [0.1, 0.15) is 29.3 Å². The third-order valence-electron chi connectivity index (χ3n) is 2.96. The van der Waals surface area contributed by atoms with E-state index in [2.05, 4.69) is 15.5 Å². The minimum atomic E-state index is -0.841. The van der Waals surface area contributed by atoms with Crippen molar-refractivity contribution in [3.63, 3.8) is 0 Å². The van der Waals surface area contributed by atoms with Crippen LogP contribution in [0.25, 0.3) is 0 Å². The molecule has 0 spiro atoms. The molecular weight excluding hydrogens is 324 g/mol. The SMILES string of the molecule is CC/C(=N\NC(=O)c1ccccc1Cl)c1c(O)[nH]c(=O)[nH]c1=O. The van der Waals surface area contributed by atoms with Crippen LogP contribution < -0.4 is 16.7 Å². The van der Waals surface area contributed by atoms with Gasteiger partial charge < -0.3 is 5.11 Å². The van der Waals surface area contributed by atoms with Crippen LogP contribution in [0.2, 0.25) is 5.02 Å². The number of rotatable bonds is 4. The molecule has 0 fully saturated rings. The number of hydrazone groups is 1. The first-order chi connectivity index (χ1) is 10.9. The lowest BCUT2D eigenvalue weighted by atomic mass is 10.1. The predicted molar refractivity (Wildman–Crippen MR) is 85.1 cm³/mol. The van der Waals surface area contributed by atoms with E-state index in [1.54, 1.807) is 25.1 Å². The lowest BCUT2D eigenvalue weighted by molar-refractivity contribution is 0.0955. The van der Waals surface area contributed by atoms with E-state index >= 15 is 0 Å². The topological polar surface area (TPSA) is 127 Å². The minimum Gasteiger partial charge on any atom is -0.494 e. The van der Waals surface area contributed by atoms with Crippen molar-refractivity contribution in [3.8, 4) is 5.88 Å². The third kappa shape index (κ3) is 3.67. The van der Waals surface area contributed by atoms with Gasteiger partial charge in [-0.05, 0) is 18.6 Å². The van der Waals surface area contributed by atoms with Gasteiger partial charge in [0.15, 0.2) is 0 Å². The second kappa shape index (κ2) is 6.93. The molecule has 8 nitrogen and oxygen atoms in total. The smallest absolute Gasteiger partial charge is 0.328 e. The molecule has 0 saturated heterocycles. The Hall–Kier alpha value is -2.87. The number of aromatic nitrogens is 2. The number of aromatic hydroxyl groups is 1. The molecule has 0 aliphatic rings. The van der Waals surface area contributed by atoms with E-state index in [9.17, 15) is 19.5 Å². The van der Waals surface area contributed by atoms with E-state index in [4.69, 9.17) is 11.6 Å². The van der Waals surface area contributed by atoms with Gasteiger partial charge in [-0.15, -0.1) is 0 Å². The fourth-order valence-corrected chi connectivity index (χ4v) is 2.10. The number of benzene rings is 1. The number of halogens is 1. The van der Waals surface area contributed by atoms with E-state index in [1.807, 2.05) is 4.98 Å². The summed E-state index contributed by atoms with van der Waals surface area (Å²) in [6.45, 7) is 1.67. The molecular formula is C14H13ClN4O4. The van der Waals surface area contributed by atoms with Crippen molar-refractivity contribution in [1.29, 1.82) is 0 Å². The minimum absolute atomic E-state index is 0.0976. The van der Waals surface area contributed by atoms with Gasteiger partial charge in [0.2, 0.25) is 5.88 Å². The molecule has 0 aliphatic heterocycles. The van der Waals surface area contributed by atoms with Crippen LogP contribution >= 0.6 is 11.6 Å². The Balaban J connectivity index is 2.34. The van der Waals surface area contributed by atoms with Crippen LogP contribution in [-0.2, 0) is 0 Å². The molecule has 2 aromatic rings. The molecule has 0 unspecified atom stereocenters. The Morgan fingerprint density at radius 1 is 1.30 bits per heavy atom. The molecule has 1 aromatic heterocycles. The van der Waals surface area contributed by atoms with Crippen molar-refractivity contribution in [2.75, 3.05) is 0 Å². The Morgan fingerprint density at radius 3 is 2.61 bits per heavy atom. The summed E-state index contributed by atoms with van der Waals surface area (Å²) in [5.74, 6) is -1.19. The van der Waals surface area contributed by atoms with Crippen molar-refractivity contribution in [2.24, 2.45) is 5.10 Å². The number of aromatic amines is 2. The highest BCUT2D eigenvalue weighted by molar-refractivity contribution is 6.33. The van der Waals surface area contributed by atoms with Gasteiger partial charge in [0.05, 0.1) is 16.3 Å². The lowest BCUT2D eigenvalue weighted by Gasteiger charge is -2.06. The summed E-state index contributed by atoms with van der Waals surface area (Å²) < 4.78 is 0. The Kier molecular flexibility index (Phi) is 4.97. The second-order valence-corrected chi connectivity index (χ2v) is 4.87. The zero-order valence-electron chi connectivity index (χ0n) is 12.0. The number of nitrogens with one attached hydrogen (secondary N) is 3. The molecule has 120 valence electrons. The van der Waals surface area contributed by atoms with Crippen molar-refractivity contribution in [2.45, 2.75) is 13.3 Å². The normalized spacial score (nSPS) is 11.3. The van der Waals surface area contributed by atoms with E-state index < -0.39 is 23.0 Å². The molecule has 0 bridgehead atoms. The van der Waals surface area contributed by atoms with Crippen LogP contribution in [0.4, 0.5) is 0 Å². The lowest BCUT2D eigenvalue weighted by Crippen LogP contribution is -2.29. The highest BCUT2D eigenvalue weighted by Gasteiger charge is 2.15. The summed E-state index contributed by atoms with van der Waals surface area (Å²) in [5, 5.41) is 13.8. The molecule has 1 aromatic carbocycles. The molecule has 0 saturated carbocycles. The second-order valence-electron chi connectivity index (χ2n) is 4.46. The summed E-state index contributed by atoms with van der Waals surface area (Å²) in [6.07, 6.45) is 0.228. The highest BCUT2D eigenvalue weighted by Crippen LogP contribution is 2.14. The molecule has 1 heterocycles. The molecule has 0 aliphatic carbocycles. The average Bonchev–Trinajstić information content (AvgIpc) is 2.49. The molecule has 2 rings (SSSR count). The zero-order chi connectivity index (χ0) is 17.0. The fraction of sp³-hybridized carbons (Fsp3) is 0.143. The van der Waals surface area contributed by atoms with Gasteiger partial charge in [0.25, 0.3) is 11.5 Å². The van der Waals surface area contributed by atoms with Gasteiger partial charge in [-0.1, -0.05) is 30.7 Å². The van der Waals surface area contributed by atoms with Gasteiger partial charge in [-0.25, -0.2) is 10.2 Å². The maximum Gasteiger partial charge on any atom is 0.328 e. The first-order valence-electron chi connectivity index (χ1n) is 6.61. The van der Waals surface area contributed by atoms with Crippen LogP contribution in [0.15, 0.2) is 39.0 Å². The number of nitrogens with zero attached hydrogens (tertiary/aromatic N) is 1. The number of carbonyl (C=O) groups excluding carboxylic acids is 1. The third-order valence-corrected chi connectivity index (χ3v) is 3.29. The van der Waals surface area contributed by atoms with Gasteiger partial charge >= 0.3 is 5.69 Å². The van der Waals surface area contributed by atoms with E-state index in [-0.39, 0.29) is 28.3 Å². The summed E-state index contributed by atoms with van der Waals surface area (Å²) in [5.41, 5.74) is 0.717. The zero-order valence-corrected chi connectivity index (χ0v) is 12.8. The summed E-state index contributed by atoms with van der Waals surface area (Å²) in [4.78, 5) is 38.9. The van der Waals surface area contributed by atoms with Crippen molar-refractivity contribution >= 4 is 23.2 Å². The van der Waals surface area contributed by atoms with Crippen LogP contribution in [-0.4, -0.2) is 26.7 Å². The number of H-pyrrole nitrogens is 2. The Morgan fingerprint density at radius 2 is 2.00 bits per heavy atom. The van der Waals surface area contributed by atoms with Gasteiger partial charge in [-0.3, -0.25) is 19.6 Å². The molecule has 9 heteroatoms. The summed E-state index contributed by atoms with van der Waals surface area (Å²) >= 11 is 5.91. The van der Waals surface area contributed by atoms with E-state index in [1.165, 1.54) is 6.07 Å². The molecule has 23 heavy (non-hydrogen) atoms. The fourth-order valence-electron chi connectivity index (χ4n) is 1.88. The largest absolute Gasteiger partial charge is 0.494 e. The van der Waals surface area contributed by atoms with Crippen LogP contribution in [0.5, 0.6) is 5.88 Å². The summed E-state index contributed by atoms with van der Waals surface area (Å²) in [7, 11) is 0. The monoisotopic (exact) mass is 336 g/mol. The predicted octanol–water partition coefficient (Wildman–Crippen LogP) is 0.966. The summed E-state index contributed by atoms with van der Waals surface area (Å²) in [6, 6.07) is 6.39. The standard InChI is InChI=1S/C14H13ClN4O4/c1-2-9(10-12(21)16-14(23)17-13(10)22)18-19-11(20)7-5-3-4-6-8(7)15/h3-6H,2H2,1H3,(H,19,20)(H3,16,17,21,22,23)/b18-9+. The van der Waals surface area contributed by atoms with Crippen molar-refractivity contribution in [3.05, 3.63) is 61.3 Å². The van der Waals surface area contributed by atoms with Gasteiger partial charge in [0, 0.05) is 0 Å². The van der Waals surface area contributed by atoms with E-state index in [0.717, 1.165) is 0 Å². The van der Waals surface area contributed by atoms with Crippen molar-refractivity contribution in [1.82, 2.24) is 15.4 Å². The number of hydrogen-bond acceptors (Lipinski definition) is 5. The first-order valence-corrected chi connectivity index (χ1v) is 6.99. The highest BCUT2D eigenvalue weighted by atomic mass is 35.5. The Bertz CT molecular complexity index is 885. The number of hydrogen-bond donors (Lipinski definition) is 4. The maximum absolute atomic E-state index is 12.0. The average molecular weight is 337 g/mol. The van der Waals surface area contributed by atoms with Crippen LogP contribution in [0, 0.1) is 0 Å². The molecule has 1 amide bonds. The Labute approximate surface area is 134 Å². The van der Waals surface area contributed by atoms with Gasteiger partial charge in [0.1, 0.15) is 5.56 Å². The molecule has 0 radical (unpaired) electrons. The number of carbonyl (C=O) groups is 1. The van der Waals surface area contributed by atoms with E-state index in [0.29, 0.717) is 0 Å². The van der Waals surface area contributed by atoms with Crippen LogP contribution in [0.3, 0.4) is 0 Å². The number of amides is 1.